The molecule has 29 heavy (non-hydrogen) atoms. The Morgan fingerprint density at radius 1 is 1.10 bits per heavy atom. The van der Waals surface area contributed by atoms with Crippen LogP contribution in [0.25, 0.3) is 11.4 Å². The number of hydrogen-bond donors (Lipinski definition) is 1. The summed E-state index contributed by atoms with van der Waals surface area (Å²) in [6.07, 6.45) is 0. The highest BCUT2D eigenvalue weighted by atomic mass is 32.2. The van der Waals surface area contributed by atoms with E-state index in [2.05, 4.69) is 40.9 Å². The Kier molecular flexibility index (Phi) is 6.59. The molecule has 0 aliphatic carbocycles. The van der Waals surface area contributed by atoms with Gasteiger partial charge in [-0.2, -0.15) is 0 Å². The van der Waals surface area contributed by atoms with E-state index >= 15 is 0 Å². The number of rotatable bonds is 7. The van der Waals surface area contributed by atoms with Crippen LogP contribution in [0.15, 0.2) is 47.6 Å². The van der Waals surface area contributed by atoms with Crippen LogP contribution >= 0.6 is 11.8 Å². The van der Waals surface area contributed by atoms with E-state index < -0.39 is 0 Å². The van der Waals surface area contributed by atoms with E-state index in [1.165, 1.54) is 17.3 Å². The topological polar surface area (TPSA) is 69.0 Å². The predicted molar refractivity (Wildman–Crippen MR) is 118 cm³/mol. The number of thioether (sulfide) groups is 1. The normalized spacial score (nSPS) is 11.0. The maximum Gasteiger partial charge on any atom is 0.234 e. The molecule has 3 aromatic rings. The quantitative estimate of drug-likeness (QED) is 0.562. The summed E-state index contributed by atoms with van der Waals surface area (Å²) in [4.78, 5) is 12.4. The average Bonchev–Trinajstić information content (AvgIpc) is 3.13. The van der Waals surface area contributed by atoms with Crippen molar-refractivity contribution in [3.05, 3.63) is 53.6 Å². The summed E-state index contributed by atoms with van der Waals surface area (Å²) in [5.74, 6) is 1.77. The summed E-state index contributed by atoms with van der Waals surface area (Å²) >= 11 is 1.39. The van der Waals surface area contributed by atoms with E-state index in [0.717, 1.165) is 33.5 Å². The third kappa shape index (κ3) is 4.98. The van der Waals surface area contributed by atoms with Gasteiger partial charge in [0.1, 0.15) is 5.75 Å². The number of anilines is 1. The van der Waals surface area contributed by atoms with Crippen molar-refractivity contribution in [2.24, 2.45) is 0 Å². The van der Waals surface area contributed by atoms with Crippen LogP contribution < -0.4 is 10.1 Å². The fraction of sp³-hybridized carbons (Fsp3) is 0.318. The number of carbonyl (C=O) groups excluding carboxylic acids is 1. The zero-order valence-corrected chi connectivity index (χ0v) is 18.2. The molecule has 0 unspecified atom stereocenters. The van der Waals surface area contributed by atoms with Crippen LogP contribution in [-0.2, 0) is 4.79 Å². The van der Waals surface area contributed by atoms with E-state index in [1.807, 2.05) is 49.4 Å². The van der Waals surface area contributed by atoms with Gasteiger partial charge in [0.25, 0.3) is 0 Å². The van der Waals surface area contributed by atoms with E-state index in [-0.39, 0.29) is 17.7 Å². The number of nitrogens with one attached hydrogen (secondary N) is 1. The molecule has 0 saturated heterocycles. The molecule has 0 aliphatic rings. The Morgan fingerprint density at radius 2 is 1.83 bits per heavy atom. The smallest absolute Gasteiger partial charge is 0.234 e. The van der Waals surface area contributed by atoms with Crippen molar-refractivity contribution in [2.75, 3.05) is 18.2 Å². The van der Waals surface area contributed by atoms with Crippen LogP contribution in [0, 0.1) is 13.8 Å². The number of aryl methyl sites for hydroxylation is 2. The van der Waals surface area contributed by atoms with Crippen molar-refractivity contribution in [1.29, 1.82) is 0 Å². The monoisotopic (exact) mass is 410 g/mol. The molecule has 0 saturated carbocycles. The highest BCUT2D eigenvalue weighted by Crippen LogP contribution is 2.29. The SMILES string of the molecule is COc1ccc(-c2nnc(SCC(=O)Nc3ccc(C)c(C)c3)n2C(C)C)cc1. The minimum absolute atomic E-state index is 0.0671. The molecule has 0 spiro atoms. The van der Waals surface area contributed by atoms with Crippen LogP contribution in [0.5, 0.6) is 5.75 Å². The highest BCUT2D eigenvalue weighted by molar-refractivity contribution is 7.99. The second-order valence-corrected chi connectivity index (χ2v) is 8.08. The van der Waals surface area contributed by atoms with Crippen LogP contribution in [0.4, 0.5) is 5.69 Å². The molecule has 6 nitrogen and oxygen atoms in total. The first-order valence-electron chi connectivity index (χ1n) is 9.48. The van der Waals surface area contributed by atoms with Gasteiger partial charge in [-0.05, 0) is 75.2 Å². The number of amides is 1. The number of carbonyl (C=O) groups is 1. The number of nitrogens with zero attached hydrogens (tertiary/aromatic N) is 3. The number of hydrogen-bond acceptors (Lipinski definition) is 5. The fourth-order valence-corrected chi connectivity index (χ4v) is 3.79. The Hall–Kier alpha value is -2.80. The van der Waals surface area contributed by atoms with E-state index in [4.69, 9.17) is 4.74 Å². The van der Waals surface area contributed by atoms with Crippen LogP contribution in [0.1, 0.15) is 31.0 Å². The lowest BCUT2D eigenvalue weighted by molar-refractivity contribution is -0.113. The van der Waals surface area contributed by atoms with Gasteiger partial charge in [0, 0.05) is 17.3 Å². The largest absolute Gasteiger partial charge is 0.497 e. The number of aromatic nitrogens is 3. The zero-order chi connectivity index (χ0) is 21.0. The third-order valence-electron chi connectivity index (χ3n) is 4.65. The molecule has 1 heterocycles. The van der Waals surface area contributed by atoms with Crippen molar-refractivity contribution in [2.45, 2.75) is 38.9 Å². The van der Waals surface area contributed by atoms with Crippen LogP contribution in [-0.4, -0.2) is 33.5 Å². The Balaban J connectivity index is 1.72. The molecule has 1 amide bonds. The van der Waals surface area contributed by atoms with Crippen LogP contribution in [0.3, 0.4) is 0 Å². The molecule has 7 heteroatoms. The average molecular weight is 411 g/mol. The van der Waals surface area contributed by atoms with E-state index in [1.54, 1.807) is 7.11 Å². The maximum absolute atomic E-state index is 12.4. The van der Waals surface area contributed by atoms with Crippen molar-refractivity contribution >= 4 is 23.4 Å². The predicted octanol–water partition coefficient (Wildman–Crippen LogP) is 4.88. The molecular formula is C22H26N4O2S. The van der Waals surface area contributed by atoms with Gasteiger partial charge in [0.2, 0.25) is 5.91 Å². The van der Waals surface area contributed by atoms with Gasteiger partial charge < -0.3 is 10.1 Å². The zero-order valence-electron chi connectivity index (χ0n) is 17.4. The van der Waals surface area contributed by atoms with Crippen molar-refractivity contribution < 1.29 is 9.53 Å². The molecule has 0 radical (unpaired) electrons. The summed E-state index contributed by atoms with van der Waals surface area (Å²) in [7, 11) is 1.64. The van der Waals surface area contributed by atoms with Crippen molar-refractivity contribution in [3.63, 3.8) is 0 Å². The molecular weight excluding hydrogens is 384 g/mol. The lowest BCUT2D eigenvalue weighted by atomic mass is 10.1. The second kappa shape index (κ2) is 9.13. The standard InChI is InChI=1S/C22H26N4O2S/c1-14(2)26-21(17-7-10-19(28-5)11-8-17)24-25-22(26)29-13-20(27)23-18-9-6-15(3)16(4)12-18/h6-12,14H,13H2,1-5H3,(H,23,27). The first-order valence-corrected chi connectivity index (χ1v) is 10.5. The van der Waals surface area contributed by atoms with Gasteiger partial charge in [0.05, 0.1) is 12.9 Å². The first-order chi connectivity index (χ1) is 13.9. The van der Waals surface area contributed by atoms with Gasteiger partial charge in [-0.1, -0.05) is 17.8 Å². The Labute approximate surface area is 175 Å². The summed E-state index contributed by atoms with van der Waals surface area (Å²) in [6.45, 7) is 8.24. The van der Waals surface area contributed by atoms with Gasteiger partial charge >= 0.3 is 0 Å². The molecule has 152 valence electrons. The third-order valence-corrected chi connectivity index (χ3v) is 5.60. The summed E-state index contributed by atoms with van der Waals surface area (Å²) in [5.41, 5.74) is 4.12. The van der Waals surface area contributed by atoms with E-state index in [0.29, 0.717) is 0 Å². The first kappa shape index (κ1) is 20.9. The Bertz CT molecular complexity index is 997. The van der Waals surface area contributed by atoms with Gasteiger partial charge in [0.15, 0.2) is 11.0 Å². The summed E-state index contributed by atoms with van der Waals surface area (Å²) < 4.78 is 7.28. The molecule has 0 aliphatic heterocycles. The van der Waals surface area contributed by atoms with Gasteiger partial charge in [-0.15, -0.1) is 10.2 Å². The molecule has 1 N–H and O–H groups in total. The molecule has 2 aromatic carbocycles. The lowest BCUT2D eigenvalue weighted by Gasteiger charge is -2.14. The summed E-state index contributed by atoms with van der Waals surface area (Å²) in [5, 5.41) is 12.4. The van der Waals surface area contributed by atoms with Crippen LogP contribution in [0.2, 0.25) is 0 Å². The molecule has 3 rings (SSSR count). The lowest BCUT2D eigenvalue weighted by Crippen LogP contribution is -2.15. The number of ether oxygens (including phenoxy) is 1. The van der Waals surface area contributed by atoms with Gasteiger partial charge in [-0.25, -0.2) is 0 Å². The second-order valence-electron chi connectivity index (χ2n) is 7.13. The minimum Gasteiger partial charge on any atom is -0.497 e. The molecule has 0 fully saturated rings. The molecule has 1 aromatic heterocycles. The molecule has 0 bridgehead atoms. The van der Waals surface area contributed by atoms with E-state index in [9.17, 15) is 4.79 Å². The fourth-order valence-electron chi connectivity index (χ4n) is 2.92. The number of benzene rings is 2. The Morgan fingerprint density at radius 3 is 2.45 bits per heavy atom. The number of methoxy groups -OCH3 is 1. The van der Waals surface area contributed by atoms with Crippen molar-refractivity contribution in [1.82, 2.24) is 14.8 Å². The van der Waals surface area contributed by atoms with Gasteiger partial charge in [-0.3, -0.25) is 9.36 Å². The maximum atomic E-state index is 12.4. The molecule has 0 atom stereocenters. The van der Waals surface area contributed by atoms with Crippen molar-refractivity contribution in [3.8, 4) is 17.1 Å². The minimum atomic E-state index is -0.0671. The highest BCUT2D eigenvalue weighted by Gasteiger charge is 2.18. The summed E-state index contributed by atoms with van der Waals surface area (Å²) in [6, 6.07) is 13.8.